The van der Waals surface area contributed by atoms with Gasteiger partial charge >= 0.3 is 6.03 Å². The van der Waals surface area contributed by atoms with Crippen molar-refractivity contribution in [1.29, 1.82) is 0 Å². The zero-order chi connectivity index (χ0) is 20.8. The van der Waals surface area contributed by atoms with Gasteiger partial charge in [-0.15, -0.1) is 0 Å². The summed E-state index contributed by atoms with van der Waals surface area (Å²) in [6.07, 6.45) is 1.81. The van der Waals surface area contributed by atoms with Crippen molar-refractivity contribution in [3.05, 3.63) is 60.2 Å². The number of piperidine rings is 1. The number of aliphatic imine (C=N–C) groups is 1. The van der Waals surface area contributed by atoms with Crippen molar-refractivity contribution in [2.75, 3.05) is 44.0 Å². The van der Waals surface area contributed by atoms with Crippen LogP contribution in [0, 0.1) is 0 Å². The fourth-order valence-corrected chi connectivity index (χ4v) is 4.11. The van der Waals surface area contributed by atoms with Gasteiger partial charge in [0.25, 0.3) is 0 Å². The average molecular weight is 408 g/mol. The Bertz CT molecular complexity index is 901. The minimum atomic E-state index is -0.431. The minimum Gasteiger partial charge on any atom is -0.383 e. The fourth-order valence-electron chi connectivity index (χ4n) is 4.11. The second-order valence-corrected chi connectivity index (χ2v) is 7.78. The number of amides is 2. The number of hydrogen-bond donors (Lipinski definition) is 3. The lowest BCUT2D eigenvalue weighted by Gasteiger charge is -2.47. The SMILES string of the molecule is COCCNC(=O)N1CCCC2(C1)Nc1ccccc1NC2=NCc1ccccc1. The first-order valence-corrected chi connectivity index (χ1v) is 10.4. The van der Waals surface area contributed by atoms with E-state index in [9.17, 15) is 4.79 Å². The van der Waals surface area contributed by atoms with Gasteiger partial charge in [0.15, 0.2) is 0 Å². The summed E-state index contributed by atoms with van der Waals surface area (Å²) in [4.78, 5) is 19.5. The number of benzene rings is 2. The van der Waals surface area contributed by atoms with E-state index < -0.39 is 5.54 Å². The summed E-state index contributed by atoms with van der Waals surface area (Å²) < 4.78 is 5.04. The van der Waals surface area contributed by atoms with E-state index in [-0.39, 0.29) is 6.03 Å². The molecule has 2 aromatic rings. The third-order valence-corrected chi connectivity index (χ3v) is 5.63. The van der Waals surface area contributed by atoms with E-state index in [2.05, 4.69) is 34.1 Å². The normalized spacial score (nSPS) is 21.6. The number of nitrogens with one attached hydrogen (secondary N) is 3. The molecule has 2 aliphatic rings. The summed E-state index contributed by atoms with van der Waals surface area (Å²) in [6, 6.07) is 18.3. The smallest absolute Gasteiger partial charge is 0.317 e. The molecule has 0 saturated carbocycles. The predicted molar refractivity (Wildman–Crippen MR) is 120 cm³/mol. The molecule has 2 heterocycles. The molecule has 3 N–H and O–H groups in total. The number of hydrogen-bond acceptors (Lipinski definition) is 4. The quantitative estimate of drug-likeness (QED) is 0.665. The van der Waals surface area contributed by atoms with Crippen LogP contribution in [0.15, 0.2) is 59.6 Å². The molecule has 0 aromatic heterocycles. The van der Waals surface area contributed by atoms with Crippen LogP contribution in [0.1, 0.15) is 18.4 Å². The molecule has 2 amide bonds. The number of rotatable bonds is 5. The lowest BCUT2D eigenvalue weighted by molar-refractivity contribution is 0.164. The summed E-state index contributed by atoms with van der Waals surface area (Å²) >= 11 is 0. The predicted octanol–water partition coefficient (Wildman–Crippen LogP) is 3.31. The van der Waals surface area contributed by atoms with E-state index in [4.69, 9.17) is 9.73 Å². The molecule has 1 spiro atoms. The first-order chi connectivity index (χ1) is 14.7. The zero-order valence-corrected chi connectivity index (χ0v) is 17.4. The van der Waals surface area contributed by atoms with Crippen LogP contribution in [0.25, 0.3) is 0 Å². The molecule has 1 saturated heterocycles. The Kier molecular flexibility index (Phi) is 6.18. The molecule has 2 aliphatic heterocycles. The molecule has 158 valence electrons. The van der Waals surface area contributed by atoms with Crippen molar-refractivity contribution in [3.63, 3.8) is 0 Å². The number of ether oxygens (including phenoxy) is 1. The number of likely N-dealkylation sites (tertiary alicyclic amines) is 1. The number of anilines is 2. The third-order valence-electron chi connectivity index (χ3n) is 5.63. The van der Waals surface area contributed by atoms with Crippen molar-refractivity contribution in [2.45, 2.75) is 24.9 Å². The van der Waals surface area contributed by atoms with Gasteiger partial charge in [-0.25, -0.2) is 4.79 Å². The molecule has 2 aromatic carbocycles. The first kappa shape index (κ1) is 20.2. The van der Waals surface area contributed by atoms with Gasteiger partial charge in [0.2, 0.25) is 0 Å². The highest BCUT2D eigenvalue weighted by atomic mass is 16.5. The van der Waals surface area contributed by atoms with E-state index in [1.165, 1.54) is 0 Å². The van der Waals surface area contributed by atoms with Crippen LogP contribution in [0.4, 0.5) is 16.2 Å². The number of amidine groups is 1. The van der Waals surface area contributed by atoms with E-state index in [0.29, 0.717) is 26.2 Å². The summed E-state index contributed by atoms with van der Waals surface area (Å²) in [5.41, 5.74) is 2.78. The average Bonchev–Trinajstić information content (AvgIpc) is 2.78. The van der Waals surface area contributed by atoms with Gasteiger partial charge < -0.3 is 25.6 Å². The summed E-state index contributed by atoms with van der Waals surface area (Å²) in [5, 5.41) is 10.2. The van der Waals surface area contributed by atoms with Gasteiger partial charge in [-0.05, 0) is 30.5 Å². The van der Waals surface area contributed by atoms with Gasteiger partial charge in [-0.3, -0.25) is 4.99 Å². The van der Waals surface area contributed by atoms with E-state index >= 15 is 0 Å². The Morgan fingerprint density at radius 2 is 1.93 bits per heavy atom. The lowest BCUT2D eigenvalue weighted by atomic mass is 9.85. The molecule has 4 rings (SSSR count). The van der Waals surface area contributed by atoms with E-state index in [0.717, 1.165) is 42.2 Å². The van der Waals surface area contributed by atoms with Crippen LogP contribution in [-0.4, -0.2) is 55.7 Å². The molecule has 1 fully saturated rings. The van der Waals surface area contributed by atoms with Crippen LogP contribution in [0.3, 0.4) is 0 Å². The number of carbonyl (C=O) groups excluding carboxylic acids is 1. The zero-order valence-electron chi connectivity index (χ0n) is 17.4. The number of methoxy groups -OCH3 is 1. The second-order valence-electron chi connectivity index (χ2n) is 7.78. The second kappa shape index (κ2) is 9.17. The molecule has 0 aliphatic carbocycles. The highest BCUT2D eigenvalue weighted by Gasteiger charge is 2.44. The molecule has 7 nitrogen and oxygen atoms in total. The maximum Gasteiger partial charge on any atom is 0.317 e. The molecule has 30 heavy (non-hydrogen) atoms. The highest BCUT2D eigenvalue weighted by Crippen LogP contribution is 2.36. The maximum atomic E-state index is 12.7. The highest BCUT2D eigenvalue weighted by molar-refractivity contribution is 6.10. The van der Waals surface area contributed by atoms with Crippen molar-refractivity contribution in [1.82, 2.24) is 10.2 Å². The van der Waals surface area contributed by atoms with Gasteiger partial charge in [0, 0.05) is 20.2 Å². The monoisotopic (exact) mass is 407 g/mol. The molecular formula is C23H29N5O2. The Morgan fingerprint density at radius 1 is 1.17 bits per heavy atom. The van der Waals surface area contributed by atoms with Crippen LogP contribution >= 0.6 is 0 Å². The van der Waals surface area contributed by atoms with Crippen LogP contribution in [0.2, 0.25) is 0 Å². The van der Waals surface area contributed by atoms with Crippen LogP contribution in [0.5, 0.6) is 0 Å². The summed E-state index contributed by atoms with van der Waals surface area (Å²) in [6.45, 7) is 2.88. The Balaban J connectivity index is 1.59. The topological polar surface area (TPSA) is 78.0 Å². The maximum absolute atomic E-state index is 12.7. The van der Waals surface area contributed by atoms with E-state index in [1.54, 1.807) is 7.11 Å². The Hall–Kier alpha value is -3.06. The van der Waals surface area contributed by atoms with Crippen LogP contribution < -0.4 is 16.0 Å². The Labute approximate surface area is 177 Å². The van der Waals surface area contributed by atoms with Gasteiger partial charge in [0.05, 0.1) is 31.1 Å². The number of para-hydroxylation sites is 2. The third kappa shape index (κ3) is 4.41. The molecule has 1 atom stereocenters. The number of fused-ring (bicyclic) bond motifs is 1. The van der Waals surface area contributed by atoms with Gasteiger partial charge in [0.1, 0.15) is 11.4 Å². The number of urea groups is 1. The van der Waals surface area contributed by atoms with Gasteiger partial charge in [-0.2, -0.15) is 0 Å². The number of carbonyl (C=O) groups is 1. The summed E-state index contributed by atoms with van der Waals surface area (Å²) in [5.74, 6) is 0.888. The molecular weight excluding hydrogens is 378 g/mol. The molecule has 0 radical (unpaired) electrons. The fraction of sp³-hybridized carbons (Fsp3) is 0.391. The largest absolute Gasteiger partial charge is 0.383 e. The molecule has 0 bridgehead atoms. The minimum absolute atomic E-state index is 0.0609. The standard InChI is InChI=1S/C23H29N5O2/c1-30-15-13-24-22(29)28-14-7-12-23(17-28)21(25-16-18-8-3-2-4-9-18)26-19-10-5-6-11-20(19)27-23/h2-6,8-11,27H,7,12-17H2,1H3,(H,24,29)(H,25,26). The lowest BCUT2D eigenvalue weighted by Crippen LogP contribution is -2.63. The molecule has 1 unspecified atom stereocenters. The molecule has 7 heteroatoms. The van der Waals surface area contributed by atoms with Gasteiger partial charge in [-0.1, -0.05) is 42.5 Å². The van der Waals surface area contributed by atoms with E-state index in [1.807, 2.05) is 41.3 Å². The first-order valence-electron chi connectivity index (χ1n) is 10.4. The van der Waals surface area contributed by atoms with Crippen molar-refractivity contribution in [3.8, 4) is 0 Å². The Morgan fingerprint density at radius 3 is 2.73 bits per heavy atom. The number of nitrogens with zero attached hydrogens (tertiary/aromatic N) is 2. The summed E-state index contributed by atoms with van der Waals surface area (Å²) in [7, 11) is 1.63. The van der Waals surface area contributed by atoms with Crippen molar-refractivity contribution < 1.29 is 9.53 Å². The van der Waals surface area contributed by atoms with Crippen molar-refractivity contribution in [2.24, 2.45) is 4.99 Å². The van der Waals surface area contributed by atoms with Crippen molar-refractivity contribution >= 4 is 23.2 Å². The van der Waals surface area contributed by atoms with Crippen LogP contribution in [-0.2, 0) is 11.3 Å².